The molecule has 1 amide bonds. The van der Waals surface area contributed by atoms with E-state index in [1.165, 1.54) is 0 Å². The lowest BCUT2D eigenvalue weighted by Gasteiger charge is -2.07. The second-order valence-corrected chi connectivity index (χ2v) is 13.1. The highest BCUT2D eigenvalue weighted by Crippen LogP contribution is 2.09. The summed E-state index contributed by atoms with van der Waals surface area (Å²) in [4.78, 5) is 70.9. The van der Waals surface area contributed by atoms with Gasteiger partial charge >= 0.3 is 35.9 Å². The van der Waals surface area contributed by atoms with E-state index in [0.717, 1.165) is 44.1 Å². The van der Waals surface area contributed by atoms with Crippen molar-refractivity contribution in [3.8, 4) is 0 Å². The van der Waals surface area contributed by atoms with Crippen LogP contribution in [0.15, 0.2) is 30.3 Å². The molecule has 14 heteroatoms. The SMILES string of the molecule is COCCOC(=O)CCCCCOC(=O)CCCCCOC(=O)CCCCCOC(=O)CCCCCOC(=O)CCCCCNC(=O)OCc1ccccc1. The van der Waals surface area contributed by atoms with Crippen LogP contribution in [-0.2, 0) is 63.7 Å². The molecule has 1 rings (SSSR count). The predicted octanol–water partition coefficient (Wildman–Crippen LogP) is 7.08. The first kappa shape index (κ1) is 48.8. The lowest BCUT2D eigenvalue weighted by atomic mass is 10.2. The van der Waals surface area contributed by atoms with Crippen LogP contribution in [0.3, 0.4) is 0 Å². The molecule has 1 N–H and O–H groups in total. The van der Waals surface area contributed by atoms with Gasteiger partial charge in [-0.1, -0.05) is 36.8 Å². The predicted molar refractivity (Wildman–Crippen MR) is 204 cm³/mol. The number of carbonyl (C=O) groups excluding carboxylic acids is 6. The molecule has 0 heterocycles. The molecule has 312 valence electrons. The summed E-state index contributed by atoms with van der Waals surface area (Å²) < 4.78 is 36.0. The summed E-state index contributed by atoms with van der Waals surface area (Å²) in [6.07, 6.45) is 11.8. The van der Waals surface area contributed by atoms with Crippen LogP contribution in [-0.4, -0.2) is 89.2 Å². The van der Waals surface area contributed by atoms with Crippen LogP contribution in [0, 0.1) is 0 Å². The van der Waals surface area contributed by atoms with Crippen molar-refractivity contribution in [1.29, 1.82) is 0 Å². The van der Waals surface area contributed by atoms with Gasteiger partial charge in [0.2, 0.25) is 0 Å². The summed E-state index contributed by atoms with van der Waals surface area (Å²) >= 11 is 0. The normalized spacial score (nSPS) is 10.6. The van der Waals surface area contributed by atoms with E-state index in [2.05, 4.69) is 5.32 Å². The Hall–Kier alpha value is -4.20. The lowest BCUT2D eigenvalue weighted by Crippen LogP contribution is -2.25. The molecule has 0 bridgehead atoms. The Balaban J connectivity index is 1.81. The van der Waals surface area contributed by atoms with Crippen LogP contribution in [0.4, 0.5) is 4.79 Å². The van der Waals surface area contributed by atoms with E-state index in [9.17, 15) is 28.8 Å². The Kier molecular flexibility index (Phi) is 31.5. The Labute approximate surface area is 327 Å². The highest BCUT2D eigenvalue weighted by atomic mass is 16.6. The van der Waals surface area contributed by atoms with E-state index in [0.29, 0.717) is 129 Å². The van der Waals surface area contributed by atoms with Crippen molar-refractivity contribution in [1.82, 2.24) is 5.32 Å². The average molecular weight is 780 g/mol. The number of benzene rings is 1. The van der Waals surface area contributed by atoms with Gasteiger partial charge in [0.05, 0.1) is 33.0 Å². The third-order valence-electron chi connectivity index (χ3n) is 8.24. The van der Waals surface area contributed by atoms with E-state index in [1.54, 1.807) is 7.11 Å². The quantitative estimate of drug-likeness (QED) is 0.0420. The van der Waals surface area contributed by atoms with Crippen molar-refractivity contribution in [2.75, 3.05) is 53.3 Å². The molecule has 0 fully saturated rings. The summed E-state index contributed by atoms with van der Waals surface area (Å²) in [5.74, 6) is -1.25. The third-order valence-corrected chi connectivity index (χ3v) is 8.24. The molecule has 0 aliphatic heterocycles. The second-order valence-electron chi connectivity index (χ2n) is 13.1. The molecule has 0 aromatic heterocycles. The van der Waals surface area contributed by atoms with E-state index in [4.69, 9.17) is 33.2 Å². The van der Waals surface area contributed by atoms with Crippen LogP contribution in [0.5, 0.6) is 0 Å². The van der Waals surface area contributed by atoms with Gasteiger partial charge in [-0.2, -0.15) is 0 Å². The van der Waals surface area contributed by atoms with Gasteiger partial charge in [0.25, 0.3) is 0 Å². The number of unbranched alkanes of at least 4 members (excludes halogenated alkanes) is 10. The zero-order valence-corrected chi connectivity index (χ0v) is 33.0. The molecule has 14 nitrogen and oxygen atoms in total. The molecule has 0 aliphatic carbocycles. The van der Waals surface area contributed by atoms with Crippen molar-refractivity contribution < 1.29 is 61.9 Å². The number of nitrogens with one attached hydrogen (secondary N) is 1. The Morgan fingerprint density at radius 3 is 1.16 bits per heavy atom. The monoisotopic (exact) mass is 779 g/mol. The Bertz CT molecular complexity index is 1180. The first-order valence-corrected chi connectivity index (χ1v) is 20.0. The van der Waals surface area contributed by atoms with Gasteiger partial charge in [-0.25, -0.2) is 4.79 Å². The smallest absolute Gasteiger partial charge is 0.407 e. The summed E-state index contributed by atoms with van der Waals surface area (Å²) in [5, 5.41) is 2.71. The summed E-state index contributed by atoms with van der Waals surface area (Å²) in [6, 6.07) is 9.46. The van der Waals surface area contributed by atoms with E-state index in [1.807, 2.05) is 30.3 Å². The maximum absolute atomic E-state index is 12.0. The van der Waals surface area contributed by atoms with E-state index in [-0.39, 0.29) is 43.1 Å². The van der Waals surface area contributed by atoms with Gasteiger partial charge < -0.3 is 38.5 Å². The highest BCUT2D eigenvalue weighted by Gasteiger charge is 2.08. The first-order valence-electron chi connectivity index (χ1n) is 20.0. The fraction of sp³-hybridized carbons (Fsp3) is 0.707. The van der Waals surface area contributed by atoms with Crippen LogP contribution < -0.4 is 5.32 Å². The molecule has 0 aliphatic rings. The van der Waals surface area contributed by atoms with Gasteiger partial charge in [0.15, 0.2) is 0 Å². The summed E-state index contributed by atoms with van der Waals surface area (Å²) in [7, 11) is 1.55. The largest absolute Gasteiger partial charge is 0.466 e. The molecule has 0 atom stereocenters. The molecule has 0 spiro atoms. The molecule has 0 unspecified atom stereocenters. The van der Waals surface area contributed by atoms with E-state index < -0.39 is 6.09 Å². The summed E-state index contributed by atoms with van der Waals surface area (Å²) in [6.45, 7) is 2.64. The topological polar surface area (TPSA) is 179 Å². The zero-order chi connectivity index (χ0) is 40.0. The molecular formula is C41H65NO13. The van der Waals surface area contributed by atoms with Gasteiger partial charge in [-0.05, 0) is 95.5 Å². The molecule has 0 saturated carbocycles. The number of esters is 5. The highest BCUT2D eigenvalue weighted by molar-refractivity contribution is 5.70. The molecule has 0 radical (unpaired) electrons. The van der Waals surface area contributed by atoms with Crippen LogP contribution in [0.1, 0.15) is 134 Å². The first-order chi connectivity index (χ1) is 26.8. The lowest BCUT2D eigenvalue weighted by molar-refractivity contribution is -0.146. The summed E-state index contributed by atoms with van der Waals surface area (Å²) in [5.41, 5.74) is 0.926. The van der Waals surface area contributed by atoms with Crippen molar-refractivity contribution in [3.05, 3.63) is 35.9 Å². The minimum atomic E-state index is -0.457. The Morgan fingerprint density at radius 1 is 0.418 bits per heavy atom. The van der Waals surface area contributed by atoms with Gasteiger partial charge in [0.1, 0.15) is 13.2 Å². The minimum absolute atomic E-state index is 0.226. The van der Waals surface area contributed by atoms with Crippen LogP contribution in [0.2, 0.25) is 0 Å². The number of ether oxygens (including phenoxy) is 7. The number of hydrogen-bond acceptors (Lipinski definition) is 13. The zero-order valence-electron chi connectivity index (χ0n) is 33.0. The maximum atomic E-state index is 12.0. The number of alkyl carbamates (subject to hydrolysis) is 1. The van der Waals surface area contributed by atoms with Crippen LogP contribution in [0.25, 0.3) is 0 Å². The second kappa shape index (κ2) is 35.5. The molecule has 55 heavy (non-hydrogen) atoms. The standard InChI is InChI=1S/C41H65NO13/c1-49-32-33-54-40(47)26-14-7-19-31-53-39(46)25-13-6-18-30-52-38(45)24-12-5-17-29-51-37(44)23-11-4-16-28-50-36(43)22-10-3-15-27-42-41(48)55-34-35-20-8-2-9-21-35/h2,8-9,20-21H,3-7,10-19,22-34H2,1H3,(H,42,48). The number of rotatable bonds is 35. The number of carbonyl (C=O) groups is 6. The number of methoxy groups -OCH3 is 1. The number of hydrogen-bond donors (Lipinski definition) is 1. The van der Waals surface area contributed by atoms with Crippen molar-refractivity contribution in [3.63, 3.8) is 0 Å². The van der Waals surface area contributed by atoms with Crippen molar-refractivity contribution in [2.45, 2.75) is 135 Å². The molecule has 1 aromatic rings. The fourth-order valence-electron chi connectivity index (χ4n) is 5.07. The van der Waals surface area contributed by atoms with Gasteiger partial charge in [-0.15, -0.1) is 0 Å². The fourth-order valence-corrected chi connectivity index (χ4v) is 5.07. The molecule has 0 saturated heterocycles. The van der Waals surface area contributed by atoms with E-state index >= 15 is 0 Å². The van der Waals surface area contributed by atoms with Crippen molar-refractivity contribution in [2.24, 2.45) is 0 Å². The Morgan fingerprint density at radius 2 is 0.782 bits per heavy atom. The molecular weight excluding hydrogens is 714 g/mol. The van der Waals surface area contributed by atoms with Crippen molar-refractivity contribution >= 4 is 35.9 Å². The molecule has 1 aromatic carbocycles. The van der Waals surface area contributed by atoms with Crippen LogP contribution >= 0.6 is 0 Å². The maximum Gasteiger partial charge on any atom is 0.407 e. The number of amides is 1. The average Bonchev–Trinajstić information content (AvgIpc) is 3.18. The van der Waals surface area contributed by atoms with Gasteiger partial charge in [0, 0.05) is 45.8 Å². The van der Waals surface area contributed by atoms with Gasteiger partial charge in [-0.3, -0.25) is 24.0 Å². The minimum Gasteiger partial charge on any atom is -0.466 e. The third kappa shape index (κ3) is 32.9.